The molecule has 0 aliphatic rings. The maximum Gasteiger partial charge on any atom is 0.287 e. The van der Waals surface area contributed by atoms with E-state index in [0.29, 0.717) is 31.7 Å². The Hall–Kier alpha value is -1.12. The molecule has 0 saturated carbocycles. The number of rotatable bonds is 7. The van der Waals surface area contributed by atoms with Crippen LogP contribution in [-0.4, -0.2) is 48.4 Å². The van der Waals surface area contributed by atoms with E-state index in [1.54, 1.807) is 6.92 Å². The molecule has 1 aromatic heterocycles. The number of sulfonamides is 1. The van der Waals surface area contributed by atoms with Crippen molar-refractivity contribution in [1.29, 1.82) is 0 Å². The molecule has 0 aliphatic heterocycles. The summed E-state index contributed by atoms with van der Waals surface area (Å²) in [5, 5.41) is 6.92. The number of halogens is 1. The van der Waals surface area contributed by atoms with Gasteiger partial charge in [-0.1, -0.05) is 18.5 Å². The lowest BCUT2D eigenvalue weighted by molar-refractivity contribution is 0.428. The van der Waals surface area contributed by atoms with Crippen LogP contribution in [0.1, 0.15) is 13.3 Å². The normalized spacial score (nSPS) is 11.8. The van der Waals surface area contributed by atoms with Gasteiger partial charge in [0.25, 0.3) is 5.56 Å². The predicted octanol–water partition coefficient (Wildman–Crippen LogP) is 0.517. The van der Waals surface area contributed by atoms with Crippen molar-refractivity contribution in [2.24, 2.45) is 7.05 Å². The van der Waals surface area contributed by atoms with Gasteiger partial charge in [-0.15, -0.1) is 0 Å². The van der Waals surface area contributed by atoms with Crippen molar-refractivity contribution in [1.82, 2.24) is 14.1 Å². The van der Waals surface area contributed by atoms with Crippen molar-refractivity contribution < 1.29 is 8.42 Å². The first-order valence-corrected chi connectivity index (χ1v) is 8.40. The average molecular weight is 323 g/mol. The van der Waals surface area contributed by atoms with Crippen LogP contribution in [-0.2, 0) is 17.1 Å². The van der Waals surface area contributed by atoms with Crippen LogP contribution in [0.3, 0.4) is 0 Å². The second-order valence-electron chi connectivity index (χ2n) is 4.34. The van der Waals surface area contributed by atoms with Gasteiger partial charge in [-0.3, -0.25) is 4.79 Å². The smallest absolute Gasteiger partial charge is 0.287 e. The summed E-state index contributed by atoms with van der Waals surface area (Å²) in [5.41, 5.74) is 0.0835. The standard InChI is InChI=1S/C11H19ClN4O3S/c1-4-16(20(3,18)19)7-5-6-13-9-8-14-15(2)11(17)10(9)12/h8,13H,4-7H2,1-3H3. The molecule has 1 N–H and O–H groups in total. The molecule has 0 spiro atoms. The summed E-state index contributed by atoms with van der Waals surface area (Å²) in [6.07, 6.45) is 3.26. The molecule has 0 amide bonds. The van der Waals surface area contributed by atoms with E-state index in [1.165, 1.54) is 23.8 Å². The van der Waals surface area contributed by atoms with E-state index in [1.807, 2.05) is 0 Å². The van der Waals surface area contributed by atoms with Gasteiger partial charge in [-0.05, 0) is 6.42 Å². The van der Waals surface area contributed by atoms with Crippen LogP contribution in [0.25, 0.3) is 0 Å². The summed E-state index contributed by atoms with van der Waals surface area (Å²) in [5.74, 6) is 0. The minimum Gasteiger partial charge on any atom is -0.382 e. The number of aromatic nitrogens is 2. The van der Waals surface area contributed by atoms with Crippen LogP contribution >= 0.6 is 11.6 Å². The van der Waals surface area contributed by atoms with Gasteiger partial charge < -0.3 is 5.32 Å². The minimum atomic E-state index is -3.17. The Morgan fingerprint density at radius 3 is 2.70 bits per heavy atom. The molecule has 0 fully saturated rings. The molecule has 0 bridgehead atoms. The van der Waals surface area contributed by atoms with Crippen molar-refractivity contribution in [2.45, 2.75) is 13.3 Å². The highest BCUT2D eigenvalue weighted by Crippen LogP contribution is 2.14. The van der Waals surface area contributed by atoms with Gasteiger partial charge in [-0.2, -0.15) is 5.10 Å². The van der Waals surface area contributed by atoms with Crippen molar-refractivity contribution in [3.63, 3.8) is 0 Å². The Kier molecular flexibility index (Phi) is 5.97. The van der Waals surface area contributed by atoms with Crippen molar-refractivity contribution >= 4 is 27.3 Å². The molecule has 9 heteroatoms. The Balaban J connectivity index is 2.54. The number of nitrogens with one attached hydrogen (secondary N) is 1. The fourth-order valence-corrected chi connectivity index (χ4v) is 2.84. The molecule has 0 aliphatic carbocycles. The lowest BCUT2D eigenvalue weighted by Gasteiger charge is -2.17. The van der Waals surface area contributed by atoms with Crippen LogP contribution < -0.4 is 10.9 Å². The molecule has 1 aromatic rings. The van der Waals surface area contributed by atoms with E-state index in [2.05, 4.69) is 10.4 Å². The van der Waals surface area contributed by atoms with Crippen LogP contribution in [0.2, 0.25) is 5.02 Å². The average Bonchev–Trinajstić information content (AvgIpc) is 2.37. The molecular weight excluding hydrogens is 304 g/mol. The minimum absolute atomic E-state index is 0.0814. The lowest BCUT2D eigenvalue weighted by Crippen LogP contribution is -2.31. The predicted molar refractivity (Wildman–Crippen MR) is 79.7 cm³/mol. The molecule has 114 valence electrons. The van der Waals surface area contributed by atoms with Crippen LogP contribution in [0.5, 0.6) is 0 Å². The van der Waals surface area contributed by atoms with Crippen molar-refractivity contribution in [2.75, 3.05) is 31.2 Å². The topological polar surface area (TPSA) is 84.3 Å². The molecule has 0 radical (unpaired) electrons. The van der Waals surface area contributed by atoms with E-state index in [4.69, 9.17) is 11.6 Å². The summed E-state index contributed by atoms with van der Waals surface area (Å²) in [7, 11) is -1.65. The Morgan fingerprint density at radius 2 is 2.15 bits per heavy atom. The van der Waals surface area contributed by atoms with Gasteiger partial charge in [-0.25, -0.2) is 17.4 Å². The summed E-state index contributed by atoms with van der Waals surface area (Å²) in [4.78, 5) is 11.5. The number of hydrogen-bond donors (Lipinski definition) is 1. The summed E-state index contributed by atoms with van der Waals surface area (Å²) in [6, 6.07) is 0. The Labute approximate surface area is 123 Å². The van der Waals surface area contributed by atoms with Crippen molar-refractivity contribution in [3.05, 3.63) is 21.6 Å². The van der Waals surface area contributed by atoms with Crippen LogP contribution in [0.15, 0.2) is 11.0 Å². The summed E-state index contributed by atoms with van der Waals surface area (Å²) in [6.45, 7) is 3.14. The third-order valence-electron chi connectivity index (χ3n) is 2.80. The number of nitrogens with zero attached hydrogens (tertiary/aromatic N) is 3. The largest absolute Gasteiger partial charge is 0.382 e. The number of anilines is 1. The molecule has 7 nitrogen and oxygen atoms in total. The van der Waals surface area contributed by atoms with Crippen LogP contribution in [0.4, 0.5) is 5.69 Å². The lowest BCUT2D eigenvalue weighted by atomic mass is 10.4. The molecular formula is C11H19ClN4O3S. The monoisotopic (exact) mass is 322 g/mol. The highest BCUT2D eigenvalue weighted by molar-refractivity contribution is 7.88. The molecule has 0 atom stereocenters. The maximum atomic E-state index is 11.5. The maximum absolute atomic E-state index is 11.5. The van der Waals surface area contributed by atoms with Gasteiger partial charge in [0.1, 0.15) is 5.02 Å². The molecule has 1 rings (SSSR count). The van der Waals surface area contributed by atoms with Crippen molar-refractivity contribution in [3.8, 4) is 0 Å². The van der Waals surface area contributed by atoms with E-state index in [9.17, 15) is 13.2 Å². The molecule has 0 aromatic carbocycles. The molecule has 0 saturated heterocycles. The SMILES string of the molecule is CCN(CCCNc1cnn(C)c(=O)c1Cl)S(C)(=O)=O. The third-order valence-corrected chi connectivity index (χ3v) is 4.54. The molecule has 20 heavy (non-hydrogen) atoms. The first-order chi connectivity index (χ1) is 9.27. The van der Waals surface area contributed by atoms with Gasteiger partial charge in [0, 0.05) is 26.7 Å². The van der Waals surface area contributed by atoms with E-state index >= 15 is 0 Å². The molecule has 1 heterocycles. The highest BCUT2D eigenvalue weighted by atomic mass is 35.5. The zero-order valence-corrected chi connectivity index (χ0v) is 13.3. The fourth-order valence-electron chi connectivity index (χ4n) is 1.67. The second kappa shape index (κ2) is 7.05. The zero-order valence-electron chi connectivity index (χ0n) is 11.8. The summed E-state index contributed by atoms with van der Waals surface area (Å²) >= 11 is 5.90. The van der Waals surface area contributed by atoms with Crippen LogP contribution in [0, 0.1) is 0 Å². The molecule has 0 unspecified atom stereocenters. The zero-order chi connectivity index (χ0) is 15.3. The van der Waals surface area contributed by atoms with Gasteiger partial charge in [0.15, 0.2) is 0 Å². The van der Waals surface area contributed by atoms with Gasteiger partial charge in [0.2, 0.25) is 10.0 Å². The van der Waals surface area contributed by atoms with E-state index in [-0.39, 0.29) is 10.6 Å². The quantitative estimate of drug-likeness (QED) is 0.740. The second-order valence-corrected chi connectivity index (χ2v) is 6.70. The first-order valence-electron chi connectivity index (χ1n) is 6.18. The van der Waals surface area contributed by atoms with E-state index in [0.717, 1.165) is 4.68 Å². The van der Waals surface area contributed by atoms with Gasteiger partial charge in [0.05, 0.1) is 18.1 Å². The van der Waals surface area contributed by atoms with Gasteiger partial charge >= 0.3 is 0 Å². The number of hydrogen-bond acceptors (Lipinski definition) is 5. The fraction of sp³-hybridized carbons (Fsp3) is 0.636. The third kappa shape index (κ3) is 4.46. The first kappa shape index (κ1) is 16.9. The Morgan fingerprint density at radius 1 is 1.50 bits per heavy atom. The Bertz CT molecular complexity index is 615. The highest BCUT2D eigenvalue weighted by Gasteiger charge is 2.13. The summed E-state index contributed by atoms with van der Waals surface area (Å²) < 4.78 is 25.3. The van der Waals surface area contributed by atoms with E-state index < -0.39 is 10.0 Å². The number of aryl methyl sites for hydroxylation is 1.